The maximum atomic E-state index is 13.2. The average Bonchev–Trinajstić information content (AvgIpc) is 2.88. The predicted octanol–water partition coefficient (Wildman–Crippen LogP) is 5.57. The molecule has 0 saturated heterocycles. The number of fused-ring (bicyclic) bond motifs is 3. The van der Waals surface area contributed by atoms with Crippen molar-refractivity contribution in [1.82, 2.24) is 4.72 Å². The fourth-order valence-electron chi connectivity index (χ4n) is 6.75. The molecule has 3 aliphatic rings. The summed E-state index contributed by atoms with van der Waals surface area (Å²) in [6.45, 7) is 5.86. The Labute approximate surface area is 243 Å². The topological polar surface area (TPSA) is 95.9 Å². The highest BCUT2D eigenvalue weighted by molar-refractivity contribution is 7.90. The number of hydrogen-bond acceptors (Lipinski definition) is 6. The molecule has 2 aromatic carbocycles. The molecule has 9 heteroatoms. The van der Waals surface area contributed by atoms with Crippen LogP contribution in [0.5, 0.6) is 5.75 Å². The fraction of sp³-hybridized carbons (Fsp3) is 0.581. The SMILES string of the molecule is C[C@H]1C[C@H](C)CS(=O)(=O)NC(=O)c2ccc3c(c2)N(CCCCc2cc(Cl)ccc2CO3)C[C@@H]2CC[C@H]2[C@H](O)C1. The molecule has 1 aliphatic carbocycles. The van der Waals surface area contributed by atoms with Gasteiger partial charge in [-0.15, -0.1) is 0 Å². The van der Waals surface area contributed by atoms with Crippen LogP contribution in [-0.4, -0.2) is 44.4 Å². The van der Waals surface area contributed by atoms with Crippen LogP contribution in [0.15, 0.2) is 36.4 Å². The fourth-order valence-corrected chi connectivity index (χ4v) is 8.31. The molecule has 0 aromatic heterocycles. The molecule has 2 heterocycles. The van der Waals surface area contributed by atoms with Crippen LogP contribution in [0.2, 0.25) is 5.02 Å². The molecular weight excluding hydrogens is 548 g/mol. The van der Waals surface area contributed by atoms with Crippen molar-refractivity contribution in [3.05, 3.63) is 58.1 Å². The molecule has 7 nitrogen and oxygen atoms in total. The molecule has 1 saturated carbocycles. The Balaban J connectivity index is 1.52. The number of aliphatic hydroxyl groups excluding tert-OH is 1. The highest BCUT2D eigenvalue weighted by Crippen LogP contribution is 2.42. The van der Waals surface area contributed by atoms with Gasteiger partial charge in [-0.3, -0.25) is 4.79 Å². The molecule has 1 amide bonds. The van der Waals surface area contributed by atoms with Crippen molar-refractivity contribution in [3.8, 4) is 5.75 Å². The van der Waals surface area contributed by atoms with Gasteiger partial charge in [0.25, 0.3) is 5.91 Å². The van der Waals surface area contributed by atoms with Gasteiger partial charge < -0.3 is 14.7 Å². The molecule has 40 heavy (non-hydrogen) atoms. The molecular formula is C31H41ClN2O5S. The molecule has 2 bridgehead atoms. The summed E-state index contributed by atoms with van der Waals surface area (Å²) in [5.41, 5.74) is 3.34. The van der Waals surface area contributed by atoms with E-state index in [1.54, 1.807) is 18.2 Å². The third-order valence-corrected chi connectivity index (χ3v) is 10.6. The largest absolute Gasteiger partial charge is 0.487 e. The number of halogens is 1. The van der Waals surface area contributed by atoms with Gasteiger partial charge in [0, 0.05) is 23.7 Å². The minimum absolute atomic E-state index is 0.130. The lowest BCUT2D eigenvalue weighted by Gasteiger charge is -2.44. The number of hydrogen-bond donors (Lipinski definition) is 2. The maximum Gasteiger partial charge on any atom is 0.264 e. The molecule has 0 spiro atoms. The Morgan fingerprint density at radius 3 is 2.62 bits per heavy atom. The van der Waals surface area contributed by atoms with Gasteiger partial charge in [-0.25, -0.2) is 13.1 Å². The Morgan fingerprint density at radius 2 is 1.85 bits per heavy atom. The Hall–Kier alpha value is -2.29. The number of nitrogens with zero attached hydrogens (tertiary/aromatic N) is 1. The number of amides is 1. The van der Waals surface area contributed by atoms with Crippen molar-refractivity contribution in [1.29, 1.82) is 0 Å². The van der Waals surface area contributed by atoms with E-state index in [4.69, 9.17) is 16.3 Å². The smallest absolute Gasteiger partial charge is 0.264 e. The number of carbonyl (C=O) groups excluding carboxylic acids is 1. The molecule has 5 atom stereocenters. The first-order valence-corrected chi connectivity index (χ1v) is 16.6. The number of ether oxygens (including phenoxy) is 1. The van der Waals surface area contributed by atoms with E-state index in [-0.39, 0.29) is 29.1 Å². The summed E-state index contributed by atoms with van der Waals surface area (Å²) in [5.74, 6) is 0.518. The molecule has 2 aliphatic heterocycles. The summed E-state index contributed by atoms with van der Waals surface area (Å²) in [4.78, 5) is 15.5. The molecule has 218 valence electrons. The number of rotatable bonds is 0. The van der Waals surface area contributed by atoms with Crippen molar-refractivity contribution >= 4 is 33.2 Å². The Bertz CT molecular complexity index is 1330. The second-order valence-electron chi connectivity index (χ2n) is 12.3. The monoisotopic (exact) mass is 588 g/mol. The van der Waals surface area contributed by atoms with Crippen molar-refractivity contribution in [2.75, 3.05) is 23.7 Å². The van der Waals surface area contributed by atoms with Gasteiger partial charge >= 0.3 is 0 Å². The van der Waals surface area contributed by atoms with Crippen LogP contribution in [-0.2, 0) is 23.1 Å². The lowest BCUT2D eigenvalue weighted by Crippen LogP contribution is -2.44. The minimum Gasteiger partial charge on any atom is -0.487 e. The van der Waals surface area contributed by atoms with E-state index in [1.165, 1.54) is 5.56 Å². The van der Waals surface area contributed by atoms with Crippen LogP contribution in [0, 0.1) is 23.7 Å². The van der Waals surface area contributed by atoms with E-state index in [0.29, 0.717) is 36.1 Å². The van der Waals surface area contributed by atoms with Gasteiger partial charge in [-0.2, -0.15) is 0 Å². The number of anilines is 1. The quantitative estimate of drug-likeness (QED) is 0.417. The van der Waals surface area contributed by atoms with Gasteiger partial charge in [0.1, 0.15) is 12.4 Å². The average molecular weight is 589 g/mol. The highest BCUT2D eigenvalue weighted by Gasteiger charge is 2.38. The highest BCUT2D eigenvalue weighted by atomic mass is 35.5. The van der Waals surface area contributed by atoms with Gasteiger partial charge in [-0.05, 0) is 110 Å². The van der Waals surface area contributed by atoms with Crippen molar-refractivity contribution in [3.63, 3.8) is 0 Å². The first-order valence-electron chi connectivity index (χ1n) is 14.6. The molecule has 0 radical (unpaired) electrons. The zero-order chi connectivity index (χ0) is 28.4. The summed E-state index contributed by atoms with van der Waals surface area (Å²) >= 11 is 6.30. The maximum absolute atomic E-state index is 13.2. The van der Waals surface area contributed by atoms with Crippen molar-refractivity contribution < 1.29 is 23.1 Å². The van der Waals surface area contributed by atoms with Gasteiger partial charge in [-0.1, -0.05) is 31.5 Å². The number of aliphatic hydroxyl groups is 1. The van der Waals surface area contributed by atoms with Crippen molar-refractivity contribution in [2.24, 2.45) is 23.7 Å². The van der Waals surface area contributed by atoms with E-state index in [2.05, 4.69) is 16.5 Å². The number of nitrogens with one attached hydrogen (secondary N) is 1. The zero-order valence-electron chi connectivity index (χ0n) is 23.4. The number of aryl methyl sites for hydroxylation is 1. The summed E-state index contributed by atoms with van der Waals surface area (Å²) in [5, 5.41) is 11.9. The van der Waals surface area contributed by atoms with E-state index in [1.807, 2.05) is 25.1 Å². The molecule has 2 N–H and O–H groups in total. The lowest BCUT2D eigenvalue weighted by molar-refractivity contribution is 0.000858. The van der Waals surface area contributed by atoms with Gasteiger partial charge in [0.05, 0.1) is 17.5 Å². The Kier molecular flexibility index (Phi) is 8.98. The van der Waals surface area contributed by atoms with Crippen LogP contribution < -0.4 is 14.4 Å². The predicted molar refractivity (Wildman–Crippen MR) is 158 cm³/mol. The van der Waals surface area contributed by atoms with Crippen LogP contribution in [0.4, 0.5) is 5.69 Å². The minimum atomic E-state index is -3.82. The van der Waals surface area contributed by atoms with Crippen LogP contribution in [0.25, 0.3) is 0 Å². The number of sulfonamides is 1. The lowest BCUT2D eigenvalue weighted by atomic mass is 9.68. The standard InChI is InChI=1S/C31H41ClN2O5S/c1-20-13-21(2)19-40(37,38)33-31(36)23-8-11-30-28(16-23)34(17-24-7-10-27(24)29(35)14-20)12-4-3-5-22-15-26(32)9-6-25(22)18-39-30/h6,8-9,11,15-16,20-21,24,27,29,35H,3-5,7,10,12-14,17-19H2,1-2H3,(H,33,36)/t20-,21-,24-,27+,29+/m0/s1. The third-order valence-electron chi connectivity index (χ3n) is 8.86. The second kappa shape index (κ2) is 12.3. The van der Waals surface area contributed by atoms with Crippen molar-refractivity contribution in [2.45, 2.75) is 71.5 Å². The first kappa shape index (κ1) is 29.2. The summed E-state index contributed by atoms with van der Waals surface area (Å²) in [7, 11) is -3.82. The molecule has 5 rings (SSSR count). The number of carbonyl (C=O) groups is 1. The summed E-state index contributed by atoms with van der Waals surface area (Å²) < 4.78 is 34.4. The summed E-state index contributed by atoms with van der Waals surface area (Å²) in [6.07, 6.45) is 5.79. The molecule has 1 fully saturated rings. The zero-order valence-corrected chi connectivity index (χ0v) is 25.0. The molecule has 0 unspecified atom stereocenters. The van der Waals surface area contributed by atoms with Gasteiger partial charge in [0.15, 0.2) is 0 Å². The van der Waals surface area contributed by atoms with Crippen LogP contribution in [0.1, 0.15) is 73.9 Å². The molecule has 2 aromatic rings. The first-order chi connectivity index (χ1) is 19.1. The van der Waals surface area contributed by atoms with E-state index < -0.39 is 22.0 Å². The third kappa shape index (κ3) is 6.94. The summed E-state index contributed by atoms with van der Waals surface area (Å²) in [6, 6.07) is 11.1. The van der Waals surface area contributed by atoms with E-state index >= 15 is 0 Å². The van der Waals surface area contributed by atoms with E-state index in [9.17, 15) is 18.3 Å². The Morgan fingerprint density at radius 1 is 1.02 bits per heavy atom. The van der Waals surface area contributed by atoms with E-state index in [0.717, 1.165) is 56.4 Å². The van der Waals surface area contributed by atoms with Gasteiger partial charge in [0.2, 0.25) is 10.0 Å². The second-order valence-corrected chi connectivity index (χ2v) is 14.5. The number of benzene rings is 2. The normalized spacial score (nSPS) is 29.4. The van der Waals surface area contributed by atoms with Crippen LogP contribution >= 0.6 is 11.6 Å². The van der Waals surface area contributed by atoms with Crippen LogP contribution in [0.3, 0.4) is 0 Å².